The van der Waals surface area contributed by atoms with Crippen molar-refractivity contribution in [2.24, 2.45) is 0 Å². The molecule has 2 N–H and O–H groups in total. The number of aromatic nitrogens is 2. The molecule has 0 bridgehead atoms. The summed E-state index contributed by atoms with van der Waals surface area (Å²) in [6.45, 7) is 2.80. The van der Waals surface area contributed by atoms with Gasteiger partial charge in [-0.2, -0.15) is 0 Å². The number of rotatable bonds is 7. The van der Waals surface area contributed by atoms with Crippen molar-refractivity contribution >= 4 is 28.4 Å². The van der Waals surface area contributed by atoms with E-state index in [0.717, 1.165) is 28.5 Å². The van der Waals surface area contributed by atoms with E-state index in [0.29, 0.717) is 17.9 Å². The maximum atomic E-state index is 13.3. The fourth-order valence-corrected chi connectivity index (χ4v) is 4.46. The maximum Gasteiger partial charge on any atom is 0.295 e. The Morgan fingerprint density at radius 2 is 1.89 bits per heavy atom. The summed E-state index contributed by atoms with van der Waals surface area (Å²) in [6.07, 6.45) is 6.00. The summed E-state index contributed by atoms with van der Waals surface area (Å²) in [5, 5.41) is 12.2. The van der Waals surface area contributed by atoms with Gasteiger partial charge in [-0.05, 0) is 48.4 Å². The first-order valence-electron chi connectivity index (χ1n) is 11.5. The highest BCUT2D eigenvalue weighted by atomic mass is 16.5. The molecule has 1 aliphatic rings. The number of aliphatic hydroxyl groups excluding tert-OH is 1. The number of carbonyl (C=O) groups is 2. The van der Waals surface area contributed by atoms with Crippen LogP contribution in [0.3, 0.4) is 0 Å². The molecular formula is C28H25N3O4. The van der Waals surface area contributed by atoms with Crippen LogP contribution in [-0.2, 0) is 16.1 Å². The van der Waals surface area contributed by atoms with E-state index in [2.05, 4.69) is 9.97 Å². The highest BCUT2D eigenvalue weighted by molar-refractivity contribution is 6.46. The highest BCUT2D eigenvalue weighted by Gasteiger charge is 2.46. The number of pyridine rings is 1. The Hall–Kier alpha value is -4.39. The number of nitrogens with one attached hydrogen (secondary N) is 1. The summed E-state index contributed by atoms with van der Waals surface area (Å²) in [6, 6.07) is 17.5. The second-order valence-electron chi connectivity index (χ2n) is 8.45. The van der Waals surface area contributed by atoms with Gasteiger partial charge in [-0.1, -0.05) is 31.2 Å². The lowest BCUT2D eigenvalue weighted by molar-refractivity contribution is -0.140. The molecule has 4 aromatic rings. The van der Waals surface area contributed by atoms with Crippen molar-refractivity contribution in [1.82, 2.24) is 14.9 Å². The third kappa shape index (κ3) is 4.17. The van der Waals surface area contributed by atoms with Crippen molar-refractivity contribution in [2.45, 2.75) is 25.9 Å². The van der Waals surface area contributed by atoms with Crippen LogP contribution in [0.1, 0.15) is 36.1 Å². The number of carbonyl (C=O) groups excluding carboxylic acids is 2. The van der Waals surface area contributed by atoms with Crippen LogP contribution in [0.4, 0.5) is 0 Å². The number of amides is 1. The number of para-hydroxylation sites is 1. The lowest BCUT2D eigenvalue weighted by Crippen LogP contribution is -2.29. The Morgan fingerprint density at radius 1 is 1.09 bits per heavy atom. The smallest absolute Gasteiger partial charge is 0.295 e. The molecule has 5 rings (SSSR count). The van der Waals surface area contributed by atoms with Gasteiger partial charge < -0.3 is 19.7 Å². The predicted octanol–water partition coefficient (Wildman–Crippen LogP) is 4.97. The second kappa shape index (κ2) is 9.46. The number of nitrogens with zero attached hydrogens (tertiary/aromatic N) is 2. The maximum absolute atomic E-state index is 13.3. The summed E-state index contributed by atoms with van der Waals surface area (Å²) in [5.41, 5.74) is 2.92. The van der Waals surface area contributed by atoms with E-state index in [1.54, 1.807) is 48.9 Å². The van der Waals surface area contributed by atoms with Gasteiger partial charge >= 0.3 is 0 Å². The average Bonchev–Trinajstić information content (AvgIpc) is 3.42. The SMILES string of the molecule is CCCOc1ccc(/C(O)=C2\C(=O)C(=O)N(Cc3cccnc3)C2c2c[nH]c3ccccc23)cc1. The van der Waals surface area contributed by atoms with Crippen LogP contribution in [0.25, 0.3) is 16.7 Å². The van der Waals surface area contributed by atoms with Gasteiger partial charge in [0, 0.05) is 47.2 Å². The van der Waals surface area contributed by atoms with E-state index in [-0.39, 0.29) is 17.9 Å². The zero-order chi connectivity index (χ0) is 24.4. The standard InChI is InChI=1S/C28H25N3O4/c1-2-14-35-20-11-9-19(10-12-20)26(32)24-25(22-16-30-23-8-4-3-7-21(22)23)31(28(34)27(24)33)17-18-6-5-13-29-15-18/h3-13,15-16,25,30,32H,2,14,17H2,1H3/b26-24+. The largest absolute Gasteiger partial charge is 0.507 e. The van der Waals surface area contributed by atoms with Crippen LogP contribution in [0.5, 0.6) is 5.75 Å². The Bertz CT molecular complexity index is 1410. The first kappa shape index (κ1) is 22.4. The molecule has 1 saturated heterocycles. The number of H-pyrrole nitrogens is 1. The summed E-state index contributed by atoms with van der Waals surface area (Å²) >= 11 is 0. The minimum absolute atomic E-state index is 0.0610. The van der Waals surface area contributed by atoms with E-state index in [1.165, 1.54) is 4.90 Å². The molecule has 176 valence electrons. The summed E-state index contributed by atoms with van der Waals surface area (Å²) < 4.78 is 5.63. The Labute approximate surface area is 202 Å². The molecule has 0 saturated carbocycles. The van der Waals surface area contributed by atoms with Gasteiger partial charge in [-0.15, -0.1) is 0 Å². The van der Waals surface area contributed by atoms with Crippen molar-refractivity contribution in [3.05, 3.63) is 102 Å². The fraction of sp³-hybridized carbons (Fsp3) is 0.179. The van der Waals surface area contributed by atoms with Crippen molar-refractivity contribution in [3.63, 3.8) is 0 Å². The van der Waals surface area contributed by atoms with Gasteiger partial charge in [0.05, 0.1) is 18.2 Å². The normalized spacial score (nSPS) is 17.3. The minimum atomic E-state index is -0.762. The van der Waals surface area contributed by atoms with Crippen LogP contribution in [0, 0.1) is 0 Å². The minimum Gasteiger partial charge on any atom is -0.507 e. The number of ketones is 1. The molecule has 7 nitrogen and oxygen atoms in total. The lowest BCUT2D eigenvalue weighted by atomic mass is 9.95. The summed E-state index contributed by atoms with van der Waals surface area (Å²) in [7, 11) is 0. The van der Waals surface area contributed by atoms with Crippen molar-refractivity contribution < 1.29 is 19.4 Å². The molecule has 0 spiro atoms. The zero-order valence-electron chi connectivity index (χ0n) is 19.3. The predicted molar refractivity (Wildman–Crippen MR) is 133 cm³/mol. The molecule has 1 unspecified atom stereocenters. The molecule has 0 radical (unpaired) electrons. The summed E-state index contributed by atoms with van der Waals surface area (Å²) in [4.78, 5) is 35.4. The molecule has 2 aromatic heterocycles. The number of likely N-dealkylation sites (tertiary alicyclic amines) is 1. The van der Waals surface area contributed by atoms with Crippen LogP contribution >= 0.6 is 0 Å². The van der Waals surface area contributed by atoms with E-state index in [9.17, 15) is 14.7 Å². The average molecular weight is 468 g/mol. The van der Waals surface area contributed by atoms with E-state index < -0.39 is 17.7 Å². The first-order valence-corrected chi connectivity index (χ1v) is 11.5. The number of Topliss-reactive ketones (excluding diaryl/α,β-unsaturated/α-hetero) is 1. The van der Waals surface area contributed by atoms with Crippen LogP contribution < -0.4 is 4.74 Å². The van der Waals surface area contributed by atoms with Gasteiger partial charge in [0.25, 0.3) is 11.7 Å². The Morgan fingerprint density at radius 3 is 2.63 bits per heavy atom. The number of hydrogen-bond acceptors (Lipinski definition) is 5. The molecule has 3 heterocycles. The van der Waals surface area contributed by atoms with Gasteiger partial charge in [-0.25, -0.2) is 0 Å². The molecule has 0 aliphatic carbocycles. The summed E-state index contributed by atoms with van der Waals surface area (Å²) in [5.74, 6) is -0.912. The van der Waals surface area contributed by atoms with Crippen LogP contribution in [-0.4, -0.2) is 38.3 Å². The molecule has 1 atom stereocenters. The van der Waals surface area contributed by atoms with E-state index in [1.807, 2.05) is 37.3 Å². The van der Waals surface area contributed by atoms with Gasteiger partial charge in [-0.3, -0.25) is 14.6 Å². The van der Waals surface area contributed by atoms with Crippen LogP contribution in [0.2, 0.25) is 0 Å². The van der Waals surface area contributed by atoms with Gasteiger partial charge in [0.15, 0.2) is 0 Å². The van der Waals surface area contributed by atoms with E-state index >= 15 is 0 Å². The number of benzene rings is 2. The van der Waals surface area contributed by atoms with Crippen LogP contribution in [0.15, 0.2) is 84.8 Å². The second-order valence-corrected chi connectivity index (χ2v) is 8.45. The Kier molecular flexibility index (Phi) is 6.06. The van der Waals surface area contributed by atoms with E-state index in [4.69, 9.17) is 4.74 Å². The number of fused-ring (bicyclic) bond motifs is 1. The number of aliphatic hydroxyl groups is 1. The Balaban J connectivity index is 1.63. The van der Waals surface area contributed by atoms with Crippen molar-refractivity contribution in [1.29, 1.82) is 0 Å². The number of ether oxygens (including phenoxy) is 1. The van der Waals surface area contributed by atoms with Gasteiger partial charge in [0.2, 0.25) is 0 Å². The molecule has 7 heteroatoms. The van der Waals surface area contributed by atoms with Gasteiger partial charge in [0.1, 0.15) is 11.5 Å². The fourth-order valence-electron chi connectivity index (χ4n) is 4.46. The quantitative estimate of drug-likeness (QED) is 0.227. The topological polar surface area (TPSA) is 95.5 Å². The zero-order valence-corrected chi connectivity index (χ0v) is 19.3. The molecule has 1 amide bonds. The molecule has 35 heavy (non-hydrogen) atoms. The molecule has 1 fully saturated rings. The number of hydrogen-bond donors (Lipinski definition) is 2. The third-order valence-corrected chi connectivity index (χ3v) is 6.13. The monoisotopic (exact) mass is 467 g/mol. The molecule has 2 aromatic carbocycles. The lowest BCUT2D eigenvalue weighted by Gasteiger charge is -2.25. The molecular weight excluding hydrogens is 442 g/mol. The first-order chi connectivity index (χ1) is 17.1. The van der Waals surface area contributed by atoms with Crippen molar-refractivity contribution in [3.8, 4) is 5.75 Å². The van der Waals surface area contributed by atoms with Crippen molar-refractivity contribution in [2.75, 3.05) is 6.61 Å². The third-order valence-electron chi connectivity index (χ3n) is 6.13. The highest BCUT2D eigenvalue weighted by Crippen LogP contribution is 2.42. The molecule has 1 aliphatic heterocycles. The number of aromatic amines is 1.